The number of aromatic nitrogens is 1. The number of hydrogen-bond donors (Lipinski definition) is 3. The van der Waals surface area contributed by atoms with E-state index < -0.39 is 5.60 Å². The standard InChI is InChI=1S/C17H32N4OS.HI/c1-6-9-17(22,10-7-2)12-20-16(18-8-3)19-11-15-13(4)21-14(5)23-15;/h22H,6-12H2,1-5H3,(H2,18,19,20);1H. The fraction of sp³-hybridized carbons (Fsp3) is 0.765. The first kappa shape index (κ1) is 23.6. The van der Waals surface area contributed by atoms with Crippen molar-refractivity contribution in [2.75, 3.05) is 13.1 Å². The van der Waals surface area contributed by atoms with Crippen molar-refractivity contribution in [2.24, 2.45) is 4.99 Å². The molecular weight excluding hydrogens is 435 g/mol. The van der Waals surface area contributed by atoms with Gasteiger partial charge in [-0.2, -0.15) is 0 Å². The second-order valence-corrected chi connectivity index (χ2v) is 7.30. The Morgan fingerprint density at radius 1 is 1.17 bits per heavy atom. The lowest BCUT2D eigenvalue weighted by molar-refractivity contribution is 0.0257. The van der Waals surface area contributed by atoms with E-state index >= 15 is 0 Å². The van der Waals surface area contributed by atoms with Crippen LogP contribution in [0.1, 0.15) is 62.0 Å². The van der Waals surface area contributed by atoms with Crippen LogP contribution < -0.4 is 10.6 Å². The Hall–Kier alpha value is -0.410. The van der Waals surface area contributed by atoms with Crippen molar-refractivity contribution in [3.63, 3.8) is 0 Å². The molecular formula is C17H33IN4OS. The molecule has 3 N–H and O–H groups in total. The molecule has 0 saturated carbocycles. The van der Waals surface area contributed by atoms with Crippen LogP contribution in [0.15, 0.2) is 4.99 Å². The molecule has 1 aromatic heterocycles. The van der Waals surface area contributed by atoms with E-state index in [0.29, 0.717) is 13.1 Å². The number of thiazole rings is 1. The average molecular weight is 468 g/mol. The van der Waals surface area contributed by atoms with Gasteiger partial charge in [-0.1, -0.05) is 26.7 Å². The van der Waals surface area contributed by atoms with Gasteiger partial charge < -0.3 is 15.7 Å². The Bertz CT molecular complexity index is 499. The third-order valence-corrected chi connectivity index (χ3v) is 4.80. The first-order valence-electron chi connectivity index (χ1n) is 8.61. The third-order valence-electron chi connectivity index (χ3n) is 3.74. The third kappa shape index (κ3) is 8.11. The second kappa shape index (κ2) is 12.0. The summed E-state index contributed by atoms with van der Waals surface area (Å²) in [5, 5.41) is 18.3. The molecule has 0 aliphatic rings. The number of rotatable bonds is 9. The van der Waals surface area contributed by atoms with Gasteiger partial charge in [-0.25, -0.2) is 9.98 Å². The first-order chi connectivity index (χ1) is 10.9. The number of nitrogens with zero attached hydrogens (tertiary/aromatic N) is 2. The summed E-state index contributed by atoms with van der Waals surface area (Å²) in [5.41, 5.74) is 0.400. The van der Waals surface area contributed by atoms with Gasteiger partial charge in [-0.05, 0) is 33.6 Å². The highest BCUT2D eigenvalue weighted by atomic mass is 127. The minimum Gasteiger partial charge on any atom is -0.388 e. The van der Waals surface area contributed by atoms with Crippen molar-refractivity contribution < 1.29 is 5.11 Å². The van der Waals surface area contributed by atoms with Crippen LogP contribution in [0.25, 0.3) is 0 Å². The van der Waals surface area contributed by atoms with Crippen LogP contribution in [-0.2, 0) is 6.54 Å². The fourth-order valence-corrected chi connectivity index (χ4v) is 3.56. The monoisotopic (exact) mass is 468 g/mol. The average Bonchev–Trinajstić information content (AvgIpc) is 2.80. The summed E-state index contributed by atoms with van der Waals surface area (Å²) >= 11 is 1.69. The zero-order valence-corrected chi connectivity index (χ0v) is 18.8. The van der Waals surface area contributed by atoms with E-state index in [2.05, 4.69) is 34.5 Å². The number of halogens is 1. The van der Waals surface area contributed by atoms with Crippen LogP contribution in [0.3, 0.4) is 0 Å². The lowest BCUT2D eigenvalue weighted by Crippen LogP contribution is -2.47. The van der Waals surface area contributed by atoms with Gasteiger partial charge in [0.15, 0.2) is 5.96 Å². The number of guanidine groups is 1. The number of hydrogen-bond acceptors (Lipinski definition) is 4. The number of aliphatic hydroxyl groups is 1. The molecule has 1 rings (SSSR count). The lowest BCUT2D eigenvalue weighted by atomic mass is 9.93. The highest BCUT2D eigenvalue weighted by molar-refractivity contribution is 14.0. The molecule has 0 bridgehead atoms. The molecule has 0 spiro atoms. The van der Waals surface area contributed by atoms with Crippen molar-refractivity contribution in [2.45, 2.75) is 72.4 Å². The molecule has 5 nitrogen and oxygen atoms in total. The molecule has 7 heteroatoms. The predicted molar refractivity (Wildman–Crippen MR) is 115 cm³/mol. The van der Waals surface area contributed by atoms with Crippen molar-refractivity contribution in [1.29, 1.82) is 0 Å². The topological polar surface area (TPSA) is 69.5 Å². The maximum atomic E-state index is 10.7. The van der Waals surface area contributed by atoms with Crippen molar-refractivity contribution in [1.82, 2.24) is 15.6 Å². The summed E-state index contributed by atoms with van der Waals surface area (Å²) in [6.07, 6.45) is 3.57. The fourth-order valence-electron chi connectivity index (χ4n) is 2.69. The summed E-state index contributed by atoms with van der Waals surface area (Å²) in [5.74, 6) is 0.753. The SMILES string of the molecule is CCCC(O)(CCC)CNC(=NCc1sc(C)nc1C)NCC.I. The largest absolute Gasteiger partial charge is 0.388 e. The summed E-state index contributed by atoms with van der Waals surface area (Å²) < 4.78 is 0. The van der Waals surface area contributed by atoms with Gasteiger partial charge in [0.2, 0.25) is 0 Å². The maximum absolute atomic E-state index is 10.7. The highest BCUT2D eigenvalue weighted by Crippen LogP contribution is 2.19. The highest BCUT2D eigenvalue weighted by Gasteiger charge is 2.24. The Balaban J connectivity index is 0.00000529. The maximum Gasteiger partial charge on any atom is 0.191 e. The quantitative estimate of drug-likeness (QED) is 0.293. The van der Waals surface area contributed by atoms with E-state index in [0.717, 1.165) is 48.9 Å². The molecule has 0 aliphatic carbocycles. The van der Waals surface area contributed by atoms with E-state index in [1.165, 1.54) is 4.88 Å². The molecule has 1 aromatic rings. The molecule has 0 aromatic carbocycles. The van der Waals surface area contributed by atoms with Gasteiger partial charge in [-0.15, -0.1) is 35.3 Å². The Kier molecular flexibility index (Phi) is 11.8. The van der Waals surface area contributed by atoms with Crippen LogP contribution in [0.4, 0.5) is 0 Å². The van der Waals surface area contributed by atoms with E-state index in [-0.39, 0.29) is 24.0 Å². The summed E-state index contributed by atoms with van der Waals surface area (Å²) in [6, 6.07) is 0. The molecule has 0 amide bonds. The van der Waals surface area contributed by atoms with Crippen molar-refractivity contribution in [3.05, 3.63) is 15.6 Å². The van der Waals surface area contributed by atoms with Crippen LogP contribution in [0.5, 0.6) is 0 Å². The van der Waals surface area contributed by atoms with Crippen LogP contribution in [0, 0.1) is 13.8 Å². The van der Waals surface area contributed by atoms with Gasteiger partial charge in [0, 0.05) is 18.0 Å². The smallest absolute Gasteiger partial charge is 0.191 e. The lowest BCUT2D eigenvalue weighted by Gasteiger charge is -2.28. The molecule has 0 aliphatic heterocycles. The van der Waals surface area contributed by atoms with Gasteiger partial charge >= 0.3 is 0 Å². The van der Waals surface area contributed by atoms with E-state index in [4.69, 9.17) is 0 Å². The van der Waals surface area contributed by atoms with E-state index in [1.807, 2.05) is 20.8 Å². The van der Waals surface area contributed by atoms with Gasteiger partial charge in [0.25, 0.3) is 0 Å². The van der Waals surface area contributed by atoms with E-state index in [9.17, 15) is 5.11 Å². The molecule has 0 fully saturated rings. The molecule has 24 heavy (non-hydrogen) atoms. The Morgan fingerprint density at radius 2 is 1.79 bits per heavy atom. The van der Waals surface area contributed by atoms with Crippen LogP contribution in [0.2, 0.25) is 0 Å². The summed E-state index contributed by atoms with van der Waals surface area (Å²) in [6.45, 7) is 12.2. The number of aliphatic imine (C=N–C) groups is 1. The minimum atomic E-state index is -0.656. The Morgan fingerprint density at radius 3 is 2.25 bits per heavy atom. The van der Waals surface area contributed by atoms with Gasteiger partial charge in [-0.3, -0.25) is 0 Å². The predicted octanol–water partition coefficient (Wildman–Crippen LogP) is 3.76. The van der Waals surface area contributed by atoms with Crippen molar-refractivity contribution in [3.8, 4) is 0 Å². The second-order valence-electron chi connectivity index (χ2n) is 6.01. The molecule has 0 unspecified atom stereocenters. The molecule has 140 valence electrons. The van der Waals surface area contributed by atoms with Crippen LogP contribution in [-0.4, -0.2) is 34.7 Å². The van der Waals surface area contributed by atoms with Crippen LogP contribution >= 0.6 is 35.3 Å². The van der Waals surface area contributed by atoms with Crippen molar-refractivity contribution >= 4 is 41.3 Å². The summed E-state index contributed by atoms with van der Waals surface area (Å²) in [7, 11) is 0. The molecule has 1 heterocycles. The summed E-state index contributed by atoms with van der Waals surface area (Å²) in [4.78, 5) is 10.3. The molecule has 0 radical (unpaired) electrons. The minimum absolute atomic E-state index is 0. The normalized spacial score (nSPS) is 12.0. The first-order valence-corrected chi connectivity index (χ1v) is 9.43. The number of nitrogens with one attached hydrogen (secondary N) is 2. The molecule has 0 saturated heterocycles. The van der Waals surface area contributed by atoms with Gasteiger partial charge in [0.05, 0.1) is 22.8 Å². The van der Waals surface area contributed by atoms with E-state index in [1.54, 1.807) is 11.3 Å². The zero-order chi connectivity index (χ0) is 17.3. The zero-order valence-electron chi connectivity index (χ0n) is 15.6. The molecule has 0 atom stereocenters. The van der Waals surface area contributed by atoms with Gasteiger partial charge in [0.1, 0.15) is 0 Å². The number of aryl methyl sites for hydroxylation is 2. The Labute approximate surface area is 167 Å².